The van der Waals surface area contributed by atoms with Gasteiger partial charge in [-0.05, 0) is 12.5 Å². The van der Waals surface area contributed by atoms with Crippen LogP contribution in [0.2, 0.25) is 5.02 Å². The Labute approximate surface area is 125 Å². The molecule has 2 N–H and O–H groups in total. The third-order valence-corrected chi connectivity index (χ3v) is 5.06. The fourth-order valence-corrected chi connectivity index (χ4v) is 3.57. The molecule has 2 rings (SSSR count). The average molecular weight is 334 g/mol. The smallest absolute Gasteiger partial charge is 0.265 e. The summed E-state index contributed by atoms with van der Waals surface area (Å²) in [5, 5.41) is 11.6. The number of nitrogens with one attached hydrogen (secondary N) is 2. The number of anilines is 2. The first kappa shape index (κ1) is 14.9. The molecule has 0 aliphatic rings. The van der Waals surface area contributed by atoms with E-state index in [1.165, 1.54) is 23.6 Å². The first-order valence-electron chi connectivity index (χ1n) is 5.64. The van der Waals surface area contributed by atoms with Gasteiger partial charge in [0, 0.05) is 13.2 Å². The average Bonchev–Trinajstić information content (AvgIpc) is 2.85. The largest absolute Gasteiger partial charge is 0.372 e. The van der Waals surface area contributed by atoms with Crippen molar-refractivity contribution in [1.29, 1.82) is 0 Å². The molecule has 0 amide bonds. The Bertz CT molecular complexity index is 716. The molecule has 0 spiro atoms. The fourth-order valence-electron chi connectivity index (χ4n) is 1.36. The number of rotatable bonds is 5. The molecule has 0 radical (unpaired) electrons. The standard InChI is InChI=1S/C10H12ClN5O2S2/c1-3-8-14-15-10(19-8)16-20(17,18)6-4-7(11)9(12-2)13-5-6/h4-5H,3H2,1-2H3,(H,12,13)(H,15,16). The molecule has 2 heterocycles. The van der Waals surface area contributed by atoms with E-state index < -0.39 is 10.0 Å². The second kappa shape index (κ2) is 5.90. The van der Waals surface area contributed by atoms with Crippen LogP contribution in [-0.2, 0) is 16.4 Å². The zero-order chi connectivity index (χ0) is 14.8. The van der Waals surface area contributed by atoms with Crippen LogP contribution in [-0.4, -0.2) is 30.6 Å². The van der Waals surface area contributed by atoms with Gasteiger partial charge in [0.05, 0.1) is 5.02 Å². The topological polar surface area (TPSA) is 96.9 Å². The minimum atomic E-state index is -3.77. The quantitative estimate of drug-likeness (QED) is 0.868. The monoisotopic (exact) mass is 333 g/mol. The summed E-state index contributed by atoms with van der Waals surface area (Å²) in [5.41, 5.74) is 0. The second-order valence-corrected chi connectivity index (χ2v) is 6.86. The Morgan fingerprint density at radius 2 is 2.15 bits per heavy atom. The lowest BCUT2D eigenvalue weighted by atomic mass is 10.4. The summed E-state index contributed by atoms with van der Waals surface area (Å²) < 4.78 is 26.7. The van der Waals surface area contributed by atoms with Gasteiger partial charge in [-0.3, -0.25) is 4.72 Å². The highest BCUT2D eigenvalue weighted by atomic mass is 35.5. The first-order valence-corrected chi connectivity index (χ1v) is 8.32. The minimum Gasteiger partial charge on any atom is -0.372 e. The normalized spacial score (nSPS) is 11.3. The van der Waals surface area contributed by atoms with Crippen molar-refractivity contribution in [1.82, 2.24) is 15.2 Å². The summed E-state index contributed by atoms with van der Waals surface area (Å²) >= 11 is 7.11. The van der Waals surface area contributed by atoms with Crippen molar-refractivity contribution >= 4 is 43.9 Å². The molecule has 0 saturated carbocycles. The van der Waals surface area contributed by atoms with Crippen molar-refractivity contribution < 1.29 is 8.42 Å². The summed E-state index contributed by atoms with van der Waals surface area (Å²) in [7, 11) is -2.13. The van der Waals surface area contributed by atoms with E-state index >= 15 is 0 Å². The summed E-state index contributed by atoms with van der Waals surface area (Å²) in [4.78, 5) is 3.90. The van der Waals surface area contributed by atoms with Gasteiger partial charge in [-0.1, -0.05) is 29.9 Å². The van der Waals surface area contributed by atoms with Gasteiger partial charge in [-0.15, -0.1) is 10.2 Å². The van der Waals surface area contributed by atoms with Crippen molar-refractivity contribution in [3.05, 3.63) is 22.3 Å². The number of pyridine rings is 1. The van der Waals surface area contributed by atoms with Crippen molar-refractivity contribution in [2.45, 2.75) is 18.2 Å². The van der Waals surface area contributed by atoms with Crippen molar-refractivity contribution in [2.24, 2.45) is 0 Å². The maximum absolute atomic E-state index is 12.2. The molecule has 20 heavy (non-hydrogen) atoms. The number of hydrogen-bond acceptors (Lipinski definition) is 7. The predicted octanol–water partition coefficient (Wildman–Crippen LogP) is 1.99. The Morgan fingerprint density at radius 3 is 2.70 bits per heavy atom. The van der Waals surface area contributed by atoms with Gasteiger partial charge in [-0.25, -0.2) is 13.4 Å². The Kier molecular flexibility index (Phi) is 4.41. The van der Waals surface area contributed by atoms with Crippen LogP contribution in [0, 0.1) is 0 Å². The van der Waals surface area contributed by atoms with E-state index in [1.807, 2.05) is 6.92 Å². The maximum Gasteiger partial charge on any atom is 0.265 e. The zero-order valence-corrected chi connectivity index (χ0v) is 13.1. The van der Waals surface area contributed by atoms with E-state index in [9.17, 15) is 8.42 Å². The van der Waals surface area contributed by atoms with Crippen LogP contribution in [0.4, 0.5) is 10.9 Å². The third-order valence-electron chi connectivity index (χ3n) is 2.35. The molecule has 0 unspecified atom stereocenters. The van der Waals surface area contributed by atoms with Gasteiger partial charge in [0.2, 0.25) is 5.13 Å². The van der Waals surface area contributed by atoms with Crippen molar-refractivity contribution in [3.8, 4) is 0 Å². The minimum absolute atomic E-state index is 0.0326. The molecule has 0 bridgehead atoms. The number of sulfonamides is 1. The van der Waals surface area contributed by atoms with E-state index in [0.717, 1.165) is 5.01 Å². The highest BCUT2D eigenvalue weighted by Crippen LogP contribution is 2.24. The molecule has 108 valence electrons. The van der Waals surface area contributed by atoms with Gasteiger partial charge in [-0.2, -0.15) is 0 Å². The molecule has 2 aromatic heterocycles. The summed E-state index contributed by atoms with van der Waals surface area (Å²) in [6, 6.07) is 1.32. The van der Waals surface area contributed by atoms with Crippen LogP contribution in [0.25, 0.3) is 0 Å². The van der Waals surface area contributed by atoms with Crippen LogP contribution >= 0.6 is 22.9 Å². The molecule has 0 aliphatic carbocycles. The number of nitrogens with zero attached hydrogens (tertiary/aromatic N) is 3. The molecule has 0 fully saturated rings. The summed E-state index contributed by atoms with van der Waals surface area (Å²) in [6.07, 6.45) is 1.92. The molecule has 0 aromatic carbocycles. The lowest BCUT2D eigenvalue weighted by Gasteiger charge is -2.07. The second-order valence-electron chi connectivity index (χ2n) is 3.71. The van der Waals surface area contributed by atoms with E-state index in [4.69, 9.17) is 11.6 Å². The van der Waals surface area contributed by atoms with E-state index in [2.05, 4.69) is 25.2 Å². The molecular weight excluding hydrogens is 322 g/mol. The number of halogens is 1. The number of aromatic nitrogens is 3. The molecule has 0 atom stereocenters. The number of aryl methyl sites for hydroxylation is 1. The molecule has 7 nitrogen and oxygen atoms in total. The number of hydrogen-bond donors (Lipinski definition) is 2. The maximum atomic E-state index is 12.2. The highest BCUT2D eigenvalue weighted by Gasteiger charge is 2.18. The van der Waals surface area contributed by atoms with Gasteiger partial charge < -0.3 is 5.32 Å². The van der Waals surface area contributed by atoms with E-state index in [-0.39, 0.29) is 15.0 Å². The van der Waals surface area contributed by atoms with Gasteiger partial charge in [0.1, 0.15) is 15.7 Å². The molecule has 2 aromatic rings. The van der Waals surface area contributed by atoms with Crippen LogP contribution in [0.1, 0.15) is 11.9 Å². The first-order chi connectivity index (χ1) is 9.46. The Balaban J connectivity index is 2.28. The van der Waals surface area contributed by atoms with Gasteiger partial charge >= 0.3 is 0 Å². The third kappa shape index (κ3) is 3.17. The highest BCUT2D eigenvalue weighted by molar-refractivity contribution is 7.93. The Morgan fingerprint density at radius 1 is 1.40 bits per heavy atom. The van der Waals surface area contributed by atoms with E-state index in [0.29, 0.717) is 12.2 Å². The van der Waals surface area contributed by atoms with Crippen LogP contribution in [0.3, 0.4) is 0 Å². The van der Waals surface area contributed by atoms with Crippen molar-refractivity contribution in [2.75, 3.05) is 17.1 Å². The zero-order valence-electron chi connectivity index (χ0n) is 10.7. The summed E-state index contributed by atoms with van der Waals surface area (Å²) in [6.45, 7) is 1.92. The van der Waals surface area contributed by atoms with Crippen molar-refractivity contribution in [3.63, 3.8) is 0 Å². The lowest BCUT2D eigenvalue weighted by molar-refractivity contribution is 0.600. The fraction of sp³-hybridized carbons (Fsp3) is 0.300. The molecular formula is C10H12ClN5O2S2. The van der Waals surface area contributed by atoms with Crippen LogP contribution in [0.15, 0.2) is 17.2 Å². The summed E-state index contributed by atoms with van der Waals surface area (Å²) in [5.74, 6) is 0.412. The van der Waals surface area contributed by atoms with E-state index in [1.54, 1.807) is 7.05 Å². The lowest BCUT2D eigenvalue weighted by Crippen LogP contribution is -2.13. The van der Waals surface area contributed by atoms with Crippen LogP contribution in [0.5, 0.6) is 0 Å². The Hall–Kier alpha value is -1.45. The molecule has 0 saturated heterocycles. The van der Waals surface area contributed by atoms with Crippen LogP contribution < -0.4 is 10.0 Å². The predicted molar refractivity (Wildman–Crippen MR) is 78.9 cm³/mol. The molecule has 0 aliphatic heterocycles. The van der Waals surface area contributed by atoms with Gasteiger partial charge in [0.25, 0.3) is 10.0 Å². The molecule has 10 heteroatoms. The van der Waals surface area contributed by atoms with Gasteiger partial charge in [0.15, 0.2) is 0 Å². The SMILES string of the molecule is CCc1nnc(NS(=O)(=O)c2cnc(NC)c(Cl)c2)s1.